The molecular weight excluding hydrogens is 238 g/mol. The molecule has 1 aromatic carbocycles. The Kier molecular flexibility index (Phi) is 7.86. The van der Waals surface area contributed by atoms with E-state index in [0.717, 1.165) is 26.1 Å². The second-order valence-electron chi connectivity index (χ2n) is 4.61. The maximum atomic E-state index is 11.5. The van der Waals surface area contributed by atoms with Crippen molar-refractivity contribution in [1.29, 1.82) is 0 Å². The van der Waals surface area contributed by atoms with Crippen molar-refractivity contribution in [2.75, 3.05) is 26.2 Å². The van der Waals surface area contributed by atoms with Crippen LogP contribution in [0.4, 0.5) is 0 Å². The number of amides is 1. The van der Waals surface area contributed by atoms with E-state index in [2.05, 4.69) is 22.3 Å². The van der Waals surface area contributed by atoms with Crippen LogP contribution in [0.5, 0.6) is 0 Å². The third-order valence-corrected chi connectivity index (χ3v) is 2.96. The minimum atomic E-state index is 0.119. The summed E-state index contributed by atoms with van der Waals surface area (Å²) in [6.07, 6.45) is 1.51. The smallest absolute Gasteiger partial charge is 0.221 e. The lowest BCUT2D eigenvalue weighted by Gasteiger charge is -2.22. The number of hydrogen-bond donors (Lipinski definition) is 2. The van der Waals surface area contributed by atoms with Crippen LogP contribution in [0.15, 0.2) is 30.3 Å². The standard InChI is InChI=1S/C15H25N3O/c1-2-17-15(19)9-12-18(11-6-10-16)13-14-7-4-3-5-8-14/h3-5,7-8H,2,6,9-13,16H2,1H3,(H,17,19). The molecule has 4 nitrogen and oxygen atoms in total. The molecule has 0 saturated heterocycles. The number of carbonyl (C=O) groups excluding carboxylic acids is 1. The number of nitrogens with zero attached hydrogens (tertiary/aromatic N) is 1. The summed E-state index contributed by atoms with van der Waals surface area (Å²) in [5, 5.41) is 2.83. The third-order valence-electron chi connectivity index (χ3n) is 2.96. The van der Waals surface area contributed by atoms with Crippen LogP contribution in [0.25, 0.3) is 0 Å². The summed E-state index contributed by atoms with van der Waals surface area (Å²) in [7, 11) is 0. The fourth-order valence-corrected chi connectivity index (χ4v) is 1.97. The first-order valence-electron chi connectivity index (χ1n) is 6.99. The van der Waals surface area contributed by atoms with Crippen LogP contribution in [-0.2, 0) is 11.3 Å². The van der Waals surface area contributed by atoms with Crippen LogP contribution in [0.3, 0.4) is 0 Å². The van der Waals surface area contributed by atoms with Gasteiger partial charge in [0, 0.05) is 26.1 Å². The average molecular weight is 263 g/mol. The number of nitrogens with two attached hydrogens (primary N) is 1. The van der Waals surface area contributed by atoms with Crippen LogP contribution in [0, 0.1) is 0 Å². The van der Waals surface area contributed by atoms with Gasteiger partial charge in [0.2, 0.25) is 5.91 Å². The Morgan fingerprint density at radius 1 is 1.26 bits per heavy atom. The van der Waals surface area contributed by atoms with Crippen LogP contribution >= 0.6 is 0 Å². The molecule has 0 aliphatic carbocycles. The molecule has 0 aliphatic rings. The number of carbonyl (C=O) groups is 1. The van der Waals surface area contributed by atoms with Gasteiger partial charge < -0.3 is 11.1 Å². The molecule has 4 heteroatoms. The van der Waals surface area contributed by atoms with Gasteiger partial charge in [-0.25, -0.2) is 0 Å². The van der Waals surface area contributed by atoms with Crippen molar-refractivity contribution in [3.8, 4) is 0 Å². The van der Waals surface area contributed by atoms with Crippen molar-refractivity contribution in [2.45, 2.75) is 26.3 Å². The number of hydrogen-bond acceptors (Lipinski definition) is 3. The van der Waals surface area contributed by atoms with Gasteiger partial charge in [0.1, 0.15) is 0 Å². The summed E-state index contributed by atoms with van der Waals surface area (Å²) in [5.41, 5.74) is 6.84. The summed E-state index contributed by atoms with van der Waals surface area (Å²) in [6.45, 7) is 5.91. The van der Waals surface area contributed by atoms with E-state index in [4.69, 9.17) is 5.73 Å². The summed E-state index contributed by atoms with van der Waals surface area (Å²) in [5.74, 6) is 0.119. The molecule has 0 saturated carbocycles. The molecule has 1 amide bonds. The van der Waals surface area contributed by atoms with Gasteiger partial charge in [-0.05, 0) is 32.0 Å². The van der Waals surface area contributed by atoms with E-state index in [-0.39, 0.29) is 5.91 Å². The zero-order chi connectivity index (χ0) is 13.9. The van der Waals surface area contributed by atoms with E-state index in [1.807, 2.05) is 25.1 Å². The van der Waals surface area contributed by atoms with Gasteiger partial charge in [-0.1, -0.05) is 30.3 Å². The predicted octanol–water partition coefficient (Wildman–Crippen LogP) is 1.36. The van der Waals surface area contributed by atoms with Gasteiger partial charge in [-0.2, -0.15) is 0 Å². The molecule has 1 rings (SSSR count). The van der Waals surface area contributed by atoms with E-state index >= 15 is 0 Å². The summed E-state index contributed by atoms with van der Waals surface area (Å²) < 4.78 is 0. The maximum Gasteiger partial charge on any atom is 0.221 e. The molecule has 3 N–H and O–H groups in total. The number of benzene rings is 1. The first kappa shape index (κ1) is 15.7. The van der Waals surface area contributed by atoms with Crippen LogP contribution in [-0.4, -0.2) is 37.0 Å². The third kappa shape index (κ3) is 6.94. The van der Waals surface area contributed by atoms with Crippen molar-refractivity contribution in [2.24, 2.45) is 5.73 Å². The molecule has 19 heavy (non-hydrogen) atoms. The van der Waals surface area contributed by atoms with Crippen molar-refractivity contribution >= 4 is 5.91 Å². The largest absolute Gasteiger partial charge is 0.356 e. The van der Waals surface area contributed by atoms with Crippen LogP contribution in [0.2, 0.25) is 0 Å². The second-order valence-corrected chi connectivity index (χ2v) is 4.61. The van der Waals surface area contributed by atoms with Gasteiger partial charge in [0.05, 0.1) is 0 Å². The first-order chi connectivity index (χ1) is 9.26. The molecule has 106 valence electrons. The molecule has 0 atom stereocenters. The number of nitrogens with one attached hydrogen (secondary N) is 1. The first-order valence-corrected chi connectivity index (χ1v) is 6.99. The summed E-state index contributed by atoms with van der Waals surface area (Å²) >= 11 is 0. The van der Waals surface area contributed by atoms with Crippen molar-refractivity contribution in [1.82, 2.24) is 10.2 Å². The van der Waals surface area contributed by atoms with Crippen LogP contribution in [0.1, 0.15) is 25.3 Å². The monoisotopic (exact) mass is 263 g/mol. The Labute approximate surface area is 116 Å². The second kappa shape index (κ2) is 9.53. The zero-order valence-corrected chi connectivity index (χ0v) is 11.8. The zero-order valence-electron chi connectivity index (χ0n) is 11.8. The SMILES string of the molecule is CCNC(=O)CCN(CCCN)Cc1ccccc1. The highest BCUT2D eigenvalue weighted by Crippen LogP contribution is 2.05. The molecular formula is C15H25N3O. The Balaban J connectivity index is 2.44. The fraction of sp³-hybridized carbons (Fsp3) is 0.533. The highest BCUT2D eigenvalue weighted by molar-refractivity contribution is 5.75. The highest BCUT2D eigenvalue weighted by atomic mass is 16.1. The topological polar surface area (TPSA) is 58.4 Å². The maximum absolute atomic E-state index is 11.5. The van der Waals surface area contributed by atoms with E-state index in [1.54, 1.807) is 0 Å². The molecule has 1 aromatic rings. The molecule has 0 unspecified atom stereocenters. The molecule has 0 aromatic heterocycles. The van der Waals surface area contributed by atoms with E-state index in [9.17, 15) is 4.79 Å². The van der Waals surface area contributed by atoms with E-state index in [1.165, 1.54) is 5.56 Å². The molecule has 0 spiro atoms. The summed E-state index contributed by atoms with van der Waals surface area (Å²) in [6, 6.07) is 10.3. The van der Waals surface area contributed by atoms with Gasteiger partial charge in [0.15, 0.2) is 0 Å². The van der Waals surface area contributed by atoms with E-state index in [0.29, 0.717) is 19.5 Å². The lowest BCUT2D eigenvalue weighted by molar-refractivity contribution is -0.121. The van der Waals surface area contributed by atoms with Crippen molar-refractivity contribution < 1.29 is 4.79 Å². The lowest BCUT2D eigenvalue weighted by Crippen LogP contribution is -2.32. The highest BCUT2D eigenvalue weighted by Gasteiger charge is 2.08. The van der Waals surface area contributed by atoms with E-state index < -0.39 is 0 Å². The van der Waals surface area contributed by atoms with Gasteiger partial charge in [-0.3, -0.25) is 9.69 Å². The lowest BCUT2D eigenvalue weighted by atomic mass is 10.2. The Bertz CT molecular complexity index is 354. The fourth-order valence-electron chi connectivity index (χ4n) is 1.97. The Morgan fingerprint density at radius 2 is 2.00 bits per heavy atom. The number of rotatable bonds is 9. The van der Waals surface area contributed by atoms with Crippen molar-refractivity contribution in [3.63, 3.8) is 0 Å². The van der Waals surface area contributed by atoms with Gasteiger partial charge in [-0.15, -0.1) is 0 Å². The normalized spacial score (nSPS) is 10.7. The van der Waals surface area contributed by atoms with Crippen molar-refractivity contribution in [3.05, 3.63) is 35.9 Å². The molecule has 0 heterocycles. The molecule has 0 aliphatic heterocycles. The van der Waals surface area contributed by atoms with Gasteiger partial charge in [0.25, 0.3) is 0 Å². The molecule has 0 bridgehead atoms. The Morgan fingerprint density at radius 3 is 2.63 bits per heavy atom. The summed E-state index contributed by atoms with van der Waals surface area (Å²) in [4.78, 5) is 13.8. The average Bonchev–Trinajstić information content (AvgIpc) is 2.43. The minimum absolute atomic E-state index is 0.119. The quantitative estimate of drug-likeness (QED) is 0.707. The molecule has 0 fully saturated rings. The predicted molar refractivity (Wildman–Crippen MR) is 78.7 cm³/mol. The molecule has 0 radical (unpaired) electrons. The Hall–Kier alpha value is -1.39. The minimum Gasteiger partial charge on any atom is -0.356 e. The van der Waals surface area contributed by atoms with Gasteiger partial charge >= 0.3 is 0 Å². The van der Waals surface area contributed by atoms with Crippen LogP contribution < -0.4 is 11.1 Å².